The molecule has 0 spiro atoms. The smallest absolute Gasteiger partial charge is 0.327 e. The number of aromatic nitrogens is 5. The maximum atomic E-state index is 13.3. The van der Waals surface area contributed by atoms with Crippen molar-refractivity contribution in [2.24, 2.45) is 5.92 Å². The molecule has 3 aromatic heterocycles. The van der Waals surface area contributed by atoms with Gasteiger partial charge in [-0.25, -0.2) is 9.78 Å². The second-order valence-electron chi connectivity index (χ2n) is 8.95. The summed E-state index contributed by atoms with van der Waals surface area (Å²) in [5.74, 6) is 1.11. The van der Waals surface area contributed by atoms with E-state index in [1.807, 2.05) is 41.8 Å². The van der Waals surface area contributed by atoms with E-state index in [0.717, 1.165) is 42.4 Å². The highest BCUT2D eigenvalue weighted by Crippen LogP contribution is 2.35. The molecule has 0 radical (unpaired) electrons. The zero-order valence-corrected chi connectivity index (χ0v) is 18.2. The zero-order valence-electron chi connectivity index (χ0n) is 18.2. The summed E-state index contributed by atoms with van der Waals surface area (Å²) in [5, 5.41) is 0.654. The van der Waals surface area contributed by atoms with Gasteiger partial charge in [-0.3, -0.25) is 13.9 Å². The van der Waals surface area contributed by atoms with Gasteiger partial charge in [-0.05, 0) is 55.9 Å². The molecule has 4 aromatic rings. The third-order valence-corrected chi connectivity index (χ3v) is 6.16. The summed E-state index contributed by atoms with van der Waals surface area (Å²) in [6, 6.07) is 9.94. The molecule has 1 saturated carbocycles. The maximum Gasteiger partial charge on any atom is 0.331 e. The van der Waals surface area contributed by atoms with Crippen LogP contribution in [0.5, 0.6) is 0 Å². The highest BCUT2D eigenvalue weighted by molar-refractivity contribution is 5.81. The first-order valence-electron chi connectivity index (χ1n) is 11.0. The van der Waals surface area contributed by atoms with Crippen molar-refractivity contribution in [1.29, 1.82) is 0 Å². The van der Waals surface area contributed by atoms with Crippen LogP contribution in [-0.4, -0.2) is 23.7 Å². The first kappa shape index (κ1) is 19.7. The van der Waals surface area contributed by atoms with Gasteiger partial charge in [0.2, 0.25) is 0 Å². The number of pyridine rings is 1. The fourth-order valence-corrected chi connectivity index (χ4v) is 4.36. The minimum absolute atomic E-state index is 0.0785. The van der Waals surface area contributed by atoms with Gasteiger partial charge in [0.15, 0.2) is 5.65 Å². The molecule has 3 heterocycles. The van der Waals surface area contributed by atoms with Crippen molar-refractivity contribution in [2.45, 2.75) is 59.2 Å². The number of rotatable bonds is 6. The lowest BCUT2D eigenvalue weighted by atomic mass is 10.1. The highest BCUT2D eigenvalue weighted by Gasteiger charge is 2.29. The van der Waals surface area contributed by atoms with E-state index in [1.54, 1.807) is 10.8 Å². The van der Waals surface area contributed by atoms with Crippen molar-refractivity contribution in [3.8, 4) is 0 Å². The topological polar surface area (TPSA) is 74.7 Å². The van der Waals surface area contributed by atoms with Crippen LogP contribution in [0.4, 0.5) is 0 Å². The van der Waals surface area contributed by atoms with Crippen LogP contribution in [0, 0.1) is 12.8 Å². The average molecular weight is 418 g/mol. The molecule has 0 unspecified atom stereocenters. The van der Waals surface area contributed by atoms with Crippen LogP contribution in [0.25, 0.3) is 22.1 Å². The summed E-state index contributed by atoms with van der Waals surface area (Å²) < 4.78 is 5.63. The summed E-state index contributed by atoms with van der Waals surface area (Å²) in [5.41, 5.74) is 2.98. The van der Waals surface area contributed by atoms with Crippen LogP contribution in [0.15, 0.2) is 46.1 Å². The van der Waals surface area contributed by atoms with Crippen LogP contribution < -0.4 is 11.2 Å². The molecule has 0 amide bonds. The Morgan fingerprint density at radius 3 is 2.58 bits per heavy atom. The lowest BCUT2D eigenvalue weighted by Gasteiger charge is -2.18. The second-order valence-corrected chi connectivity index (χ2v) is 8.95. The van der Waals surface area contributed by atoms with Crippen molar-refractivity contribution in [2.75, 3.05) is 0 Å². The molecule has 5 rings (SSSR count). The molecule has 1 aromatic carbocycles. The monoisotopic (exact) mass is 417 g/mol. The molecule has 1 aliphatic rings. The molecule has 0 bridgehead atoms. The van der Waals surface area contributed by atoms with Crippen LogP contribution in [-0.2, 0) is 13.1 Å². The quantitative estimate of drug-likeness (QED) is 0.480. The van der Waals surface area contributed by atoms with Gasteiger partial charge in [0, 0.05) is 18.8 Å². The predicted octanol–water partition coefficient (Wildman–Crippen LogP) is 3.65. The third kappa shape index (κ3) is 3.38. The highest BCUT2D eigenvalue weighted by atomic mass is 16.2. The van der Waals surface area contributed by atoms with Gasteiger partial charge >= 0.3 is 5.69 Å². The molecule has 160 valence electrons. The van der Waals surface area contributed by atoms with Gasteiger partial charge in [0.1, 0.15) is 5.82 Å². The molecule has 0 aliphatic heterocycles. The number of benzene rings is 1. The molecule has 0 atom stereocenters. The van der Waals surface area contributed by atoms with Crippen molar-refractivity contribution in [3.05, 3.63) is 68.8 Å². The Balaban J connectivity index is 1.71. The van der Waals surface area contributed by atoms with Crippen molar-refractivity contribution < 1.29 is 0 Å². The minimum atomic E-state index is -0.240. The number of imidazole rings is 1. The molecule has 1 aliphatic carbocycles. The Morgan fingerprint density at radius 1 is 1.06 bits per heavy atom. The van der Waals surface area contributed by atoms with Crippen molar-refractivity contribution in [3.63, 3.8) is 0 Å². The van der Waals surface area contributed by atoms with Crippen molar-refractivity contribution in [1.82, 2.24) is 23.7 Å². The first-order valence-corrected chi connectivity index (χ1v) is 11.0. The molecular weight excluding hydrogens is 390 g/mol. The van der Waals surface area contributed by atoms with E-state index >= 15 is 0 Å². The van der Waals surface area contributed by atoms with E-state index in [0.29, 0.717) is 22.8 Å². The SMILES string of the molecule is Cc1cccc2c1c(=O)nc(Cn1c(=O)n(C3CC3)c3cccnc31)n2CCC(C)C. The van der Waals surface area contributed by atoms with E-state index in [1.165, 1.54) is 0 Å². The fraction of sp³-hybridized carbons (Fsp3) is 0.417. The Hall–Kier alpha value is -3.22. The lowest BCUT2D eigenvalue weighted by molar-refractivity contribution is 0.500. The molecule has 1 fully saturated rings. The van der Waals surface area contributed by atoms with Crippen LogP contribution in [0.1, 0.15) is 50.5 Å². The Labute approximate surface area is 180 Å². The number of hydrogen-bond donors (Lipinski definition) is 0. The van der Waals surface area contributed by atoms with E-state index in [4.69, 9.17) is 0 Å². The van der Waals surface area contributed by atoms with Gasteiger partial charge in [0.05, 0.1) is 23.0 Å². The van der Waals surface area contributed by atoms with E-state index in [9.17, 15) is 9.59 Å². The van der Waals surface area contributed by atoms with Crippen LogP contribution in [0.2, 0.25) is 0 Å². The molecule has 7 nitrogen and oxygen atoms in total. The predicted molar refractivity (Wildman–Crippen MR) is 122 cm³/mol. The standard InChI is InChI=1S/C24H27N5O2/c1-15(2)11-13-27-18-7-4-6-16(3)21(18)23(30)26-20(27)14-28-22-19(8-5-12-25-22)29(24(28)31)17-9-10-17/h4-8,12,15,17H,9-11,13-14H2,1-3H3. The minimum Gasteiger partial charge on any atom is -0.327 e. The summed E-state index contributed by atoms with van der Waals surface area (Å²) in [7, 11) is 0. The summed E-state index contributed by atoms with van der Waals surface area (Å²) in [4.78, 5) is 35.2. The number of fused-ring (bicyclic) bond motifs is 2. The third-order valence-electron chi connectivity index (χ3n) is 6.16. The molecule has 0 saturated heterocycles. The van der Waals surface area contributed by atoms with E-state index in [2.05, 4.69) is 28.4 Å². The van der Waals surface area contributed by atoms with Crippen molar-refractivity contribution >= 4 is 22.1 Å². The normalized spacial score (nSPS) is 14.2. The van der Waals surface area contributed by atoms with Gasteiger partial charge in [-0.2, -0.15) is 4.98 Å². The number of aryl methyl sites for hydroxylation is 2. The Kier molecular flexibility index (Phi) is 4.76. The Morgan fingerprint density at radius 2 is 1.84 bits per heavy atom. The molecule has 7 heteroatoms. The van der Waals surface area contributed by atoms with Gasteiger partial charge < -0.3 is 4.57 Å². The van der Waals surface area contributed by atoms with E-state index < -0.39 is 0 Å². The van der Waals surface area contributed by atoms with Gasteiger partial charge in [-0.1, -0.05) is 26.0 Å². The van der Waals surface area contributed by atoms with Gasteiger partial charge in [0.25, 0.3) is 5.56 Å². The van der Waals surface area contributed by atoms with Crippen LogP contribution in [0.3, 0.4) is 0 Å². The largest absolute Gasteiger partial charge is 0.331 e. The molecule has 0 N–H and O–H groups in total. The molecule has 31 heavy (non-hydrogen) atoms. The first-order chi connectivity index (χ1) is 15.0. The second kappa shape index (κ2) is 7.48. The maximum absolute atomic E-state index is 13.3. The number of nitrogens with zero attached hydrogens (tertiary/aromatic N) is 5. The fourth-order valence-electron chi connectivity index (χ4n) is 4.36. The lowest BCUT2D eigenvalue weighted by Crippen LogP contribution is -2.28. The average Bonchev–Trinajstić information content (AvgIpc) is 3.53. The summed E-state index contributed by atoms with van der Waals surface area (Å²) in [6.45, 7) is 7.27. The molecular formula is C24H27N5O2. The van der Waals surface area contributed by atoms with E-state index in [-0.39, 0.29) is 23.8 Å². The zero-order chi connectivity index (χ0) is 21.7. The number of hydrogen-bond acceptors (Lipinski definition) is 4. The van der Waals surface area contributed by atoms with Gasteiger partial charge in [-0.15, -0.1) is 0 Å². The van der Waals surface area contributed by atoms with Crippen LogP contribution >= 0.6 is 0 Å². The Bertz CT molecular complexity index is 1410. The summed E-state index contributed by atoms with van der Waals surface area (Å²) >= 11 is 0. The summed E-state index contributed by atoms with van der Waals surface area (Å²) in [6.07, 6.45) is 4.69.